The number of pyridine rings is 1. The van der Waals surface area contributed by atoms with E-state index in [2.05, 4.69) is 4.98 Å². The number of nitrogens with zero attached hydrogens (tertiary/aromatic N) is 1. The third-order valence-electron chi connectivity index (χ3n) is 2.25. The van der Waals surface area contributed by atoms with Gasteiger partial charge in [0.25, 0.3) is 0 Å². The molecule has 1 N–H and O–H groups in total. The lowest BCUT2D eigenvalue weighted by Gasteiger charge is -2.17. The minimum atomic E-state index is -0.557. The molecule has 0 aliphatic rings. The maximum Gasteiger partial charge on any atom is 0.1000 e. The molecule has 0 radical (unpaired) electrons. The molecule has 0 aliphatic carbocycles. The van der Waals surface area contributed by atoms with E-state index in [1.807, 2.05) is 13.8 Å². The predicted octanol–water partition coefficient (Wildman–Crippen LogP) is 2.81. The van der Waals surface area contributed by atoms with E-state index in [1.165, 1.54) is 0 Å². The van der Waals surface area contributed by atoms with Crippen LogP contribution in [0.1, 0.15) is 32.1 Å². The molecule has 0 saturated heterocycles. The third kappa shape index (κ3) is 2.42. The number of hydrogen-bond acceptors (Lipinski definition) is 2. The summed E-state index contributed by atoms with van der Waals surface area (Å²) in [6, 6.07) is 3.50. The first-order valence-electron chi connectivity index (χ1n) is 4.45. The van der Waals surface area contributed by atoms with E-state index < -0.39 is 6.10 Å². The lowest BCUT2D eigenvalue weighted by molar-refractivity contribution is 0.111. The molecule has 0 spiro atoms. The van der Waals surface area contributed by atoms with Gasteiger partial charge in [-0.05, 0) is 18.1 Å². The Hall–Kier alpha value is -0.600. The van der Waals surface area contributed by atoms with Gasteiger partial charge >= 0.3 is 0 Å². The minimum Gasteiger partial charge on any atom is -0.386 e. The topological polar surface area (TPSA) is 33.1 Å². The van der Waals surface area contributed by atoms with Crippen LogP contribution in [-0.4, -0.2) is 10.1 Å². The largest absolute Gasteiger partial charge is 0.386 e. The Kier molecular flexibility index (Phi) is 3.70. The zero-order chi connectivity index (χ0) is 9.84. The van der Waals surface area contributed by atoms with E-state index in [9.17, 15) is 5.11 Å². The Morgan fingerprint density at radius 1 is 1.62 bits per heavy atom. The van der Waals surface area contributed by atoms with E-state index in [4.69, 9.17) is 11.6 Å². The van der Waals surface area contributed by atoms with Crippen LogP contribution < -0.4 is 0 Å². The number of halogens is 1. The number of aliphatic hydroxyl groups is 1. The number of aromatic nitrogens is 1. The van der Waals surface area contributed by atoms with Crippen molar-refractivity contribution in [3.05, 3.63) is 29.0 Å². The van der Waals surface area contributed by atoms with E-state index in [-0.39, 0.29) is 5.92 Å². The van der Waals surface area contributed by atoms with Crippen molar-refractivity contribution in [3.63, 3.8) is 0 Å². The van der Waals surface area contributed by atoms with Gasteiger partial charge in [-0.3, -0.25) is 4.98 Å². The lowest BCUT2D eigenvalue weighted by Crippen LogP contribution is -2.10. The van der Waals surface area contributed by atoms with Crippen molar-refractivity contribution in [1.82, 2.24) is 4.98 Å². The highest BCUT2D eigenvalue weighted by molar-refractivity contribution is 6.31. The molecule has 0 saturated carbocycles. The average Bonchev–Trinajstić information content (AvgIpc) is 2.16. The molecule has 0 aliphatic heterocycles. The van der Waals surface area contributed by atoms with Crippen LogP contribution in [0.25, 0.3) is 0 Å². The summed E-state index contributed by atoms with van der Waals surface area (Å²) in [5.74, 6) is 0.187. The van der Waals surface area contributed by atoms with Crippen molar-refractivity contribution in [1.29, 1.82) is 0 Å². The molecular formula is C10H14ClNO. The normalized spacial score (nSPS) is 15.4. The summed E-state index contributed by atoms with van der Waals surface area (Å²) in [4.78, 5) is 4.07. The third-order valence-corrected chi connectivity index (χ3v) is 2.57. The van der Waals surface area contributed by atoms with Crippen molar-refractivity contribution in [2.24, 2.45) is 5.92 Å². The van der Waals surface area contributed by atoms with E-state index in [1.54, 1.807) is 18.3 Å². The second-order valence-electron chi connectivity index (χ2n) is 3.20. The quantitative estimate of drug-likeness (QED) is 0.812. The molecule has 1 aromatic heterocycles. The van der Waals surface area contributed by atoms with Gasteiger partial charge in [0.2, 0.25) is 0 Å². The highest BCUT2D eigenvalue weighted by Crippen LogP contribution is 2.27. The van der Waals surface area contributed by atoms with Crippen molar-refractivity contribution in [2.75, 3.05) is 0 Å². The summed E-state index contributed by atoms with van der Waals surface area (Å²) in [5, 5.41) is 10.4. The molecule has 2 atom stereocenters. The number of aliphatic hydroxyl groups excluding tert-OH is 1. The molecule has 0 bridgehead atoms. The Bertz CT molecular complexity index is 277. The Labute approximate surface area is 83.6 Å². The van der Waals surface area contributed by atoms with Crippen LogP contribution in [0.4, 0.5) is 0 Å². The molecule has 72 valence electrons. The first-order chi connectivity index (χ1) is 6.16. The fraction of sp³-hybridized carbons (Fsp3) is 0.500. The average molecular weight is 200 g/mol. The first kappa shape index (κ1) is 10.5. The van der Waals surface area contributed by atoms with Crippen LogP contribution in [0.15, 0.2) is 18.3 Å². The van der Waals surface area contributed by atoms with E-state index in [0.29, 0.717) is 10.7 Å². The van der Waals surface area contributed by atoms with Gasteiger partial charge in [-0.2, -0.15) is 0 Å². The summed E-state index contributed by atoms with van der Waals surface area (Å²) in [7, 11) is 0. The second kappa shape index (κ2) is 4.58. The number of hydrogen-bond donors (Lipinski definition) is 1. The molecule has 1 heterocycles. The summed E-state index contributed by atoms with van der Waals surface area (Å²) in [6.45, 7) is 4.01. The molecule has 2 unspecified atom stereocenters. The van der Waals surface area contributed by atoms with E-state index in [0.717, 1.165) is 6.42 Å². The summed E-state index contributed by atoms with van der Waals surface area (Å²) in [6.07, 6.45) is 2.00. The summed E-state index contributed by atoms with van der Waals surface area (Å²) < 4.78 is 0. The Morgan fingerprint density at radius 2 is 2.31 bits per heavy atom. The first-order valence-corrected chi connectivity index (χ1v) is 4.83. The highest BCUT2D eigenvalue weighted by atomic mass is 35.5. The Balaban J connectivity index is 2.88. The van der Waals surface area contributed by atoms with Gasteiger partial charge in [0.15, 0.2) is 0 Å². The molecule has 1 rings (SSSR count). The molecule has 0 amide bonds. The molecule has 2 nitrogen and oxygen atoms in total. The molecule has 0 fully saturated rings. The predicted molar refractivity (Wildman–Crippen MR) is 53.7 cm³/mol. The molecule has 3 heteroatoms. The number of rotatable bonds is 3. The molecule has 13 heavy (non-hydrogen) atoms. The SMILES string of the molecule is CCC(C)C(O)c1ncccc1Cl. The van der Waals surface area contributed by atoms with Gasteiger partial charge < -0.3 is 5.11 Å². The highest BCUT2D eigenvalue weighted by Gasteiger charge is 2.18. The molecular weight excluding hydrogens is 186 g/mol. The maximum atomic E-state index is 9.82. The fourth-order valence-corrected chi connectivity index (χ4v) is 1.34. The second-order valence-corrected chi connectivity index (χ2v) is 3.61. The van der Waals surface area contributed by atoms with Crippen molar-refractivity contribution >= 4 is 11.6 Å². The monoisotopic (exact) mass is 199 g/mol. The van der Waals surface area contributed by atoms with Gasteiger partial charge in [-0.1, -0.05) is 31.9 Å². The van der Waals surface area contributed by atoms with Gasteiger partial charge in [-0.15, -0.1) is 0 Å². The smallest absolute Gasteiger partial charge is 0.1000 e. The van der Waals surface area contributed by atoms with Gasteiger partial charge in [0.1, 0.15) is 0 Å². The maximum absolute atomic E-state index is 9.82. The van der Waals surface area contributed by atoms with Gasteiger partial charge in [-0.25, -0.2) is 0 Å². The van der Waals surface area contributed by atoms with Gasteiger partial charge in [0.05, 0.1) is 16.8 Å². The minimum absolute atomic E-state index is 0.187. The van der Waals surface area contributed by atoms with Crippen LogP contribution in [-0.2, 0) is 0 Å². The van der Waals surface area contributed by atoms with Crippen molar-refractivity contribution in [3.8, 4) is 0 Å². The fourth-order valence-electron chi connectivity index (χ4n) is 1.11. The summed E-state index contributed by atoms with van der Waals surface area (Å²) >= 11 is 5.90. The lowest BCUT2D eigenvalue weighted by atomic mass is 9.99. The molecule has 0 aromatic carbocycles. The zero-order valence-corrected chi connectivity index (χ0v) is 8.62. The van der Waals surface area contributed by atoms with Gasteiger partial charge in [0, 0.05) is 6.20 Å². The summed E-state index contributed by atoms with van der Waals surface area (Å²) in [5.41, 5.74) is 0.582. The van der Waals surface area contributed by atoms with Crippen molar-refractivity contribution < 1.29 is 5.11 Å². The standard InChI is InChI=1S/C10H14ClNO/c1-3-7(2)10(13)9-8(11)5-4-6-12-9/h4-7,10,13H,3H2,1-2H3. The van der Waals surface area contributed by atoms with Crippen LogP contribution in [0.2, 0.25) is 5.02 Å². The van der Waals surface area contributed by atoms with Crippen LogP contribution in [0, 0.1) is 5.92 Å². The van der Waals surface area contributed by atoms with E-state index >= 15 is 0 Å². The van der Waals surface area contributed by atoms with Crippen molar-refractivity contribution in [2.45, 2.75) is 26.4 Å². The van der Waals surface area contributed by atoms with Crippen LogP contribution in [0.5, 0.6) is 0 Å². The van der Waals surface area contributed by atoms with Crippen LogP contribution >= 0.6 is 11.6 Å². The zero-order valence-electron chi connectivity index (χ0n) is 7.87. The Morgan fingerprint density at radius 3 is 2.85 bits per heavy atom. The molecule has 1 aromatic rings. The van der Waals surface area contributed by atoms with Crippen LogP contribution in [0.3, 0.4) is 0 Å².